The Balaban J connectivity index is 2.16. The van der Waals surface area contributed by atoms with Crippen LogP contribution in [0.15, 0.2) is 30.4 Å². The maximum atomic E-state index is 6.29. The van der Waals surface area contributed by atoms with Crippen LogP contribution in [0.1, 0.15) is 38.2 Å². The molecule has 0 fully saturated rings. The Morgan fingerprint density at radius 2 is 2.32 bits per heavy atom. The molecule has 0 saturated heterocycles. The highest BCUT2D eigenvalue weighted by atomic mass is 35.5. The van der Waals surface area contributed by atoms with E-state index in [4.69, 9.17) is 22.1 Å². The topological polar surface area (TPSA) is 35.2 Å². The molecule has 0 heterocycles. The molecule has 2 rings (SSSR count). The van der Waals surface area contributed by atoms with Gasteiger partial charge in [0.15, 0.2) is 0 Å². The van der Waals surface area contributed by atoms with E-state index in [-0.39, 0.29) is 12.1 Å². The van der Waals surface area contributed by atoms with E-state index in [9.17, 15) is 0 Å². The number of benzene rings is 1. The van der Waals surface area contributed by atoms with E-state index >= 15 is 0 Å². The van der Waals surface area contributed by atoms with Crippen molar-refractivity contribution in [2.45, 2.75) is 51.2 Å². The van der Waals surface area contributed by atoms with Gasteiger partial charge in [0.1, 0.15) is 11.9 Å². The van der Waals surface area contributed by atoms with E-state index < -0.39 is 0 Å². The van der Waals surface area contributed by atoms with Crippen molar-refractivity contribution in [2.75, 3.05) is 0 Å². The molecule has 3 heteroatoms. The van der Waals surface area contributed by atoms with Gasteiger partial charge in [0, 0.05) is 16.6 Å². The molecule has 0 saturated carbocycles. The average molecular weight is 280 g/mol. The highest BCUT2D eigenvalue weighted by Gasteiger charge is 2.15. The summed E-state index contributed by atoms with van der Waals surface area (Å²) < 4.78 is 6.09. The predicted octanol–water partition coefficient (Wildman–Crippen LogP) is 4.11. The third-order valence-electron chi connectivity index (χ3n) is 3.56. The van der Waals surface area contributed by atoms with Crippen LogP contribution in [-0.4, -0.2) is 12.1 Å². The van der Waals surface area contributed by atoms with Gasteiger partial charge in [0.05, 0.1) is 0 Å². The number of ether oxygens (including phenoxy) is 1. The van der Waals surface area contributed by atoms with E-state index in [1.54, 1.807) is 0 Å². The molecule has 1 aromatic rings. The first kappa shape index (κ1) is 14.4. The van der Waals surface area contributed by atoms with E-state index in [0.717, 1.165) is 42.0 Å². The van der Waals surface area contributed by atoms with Crippen LogP contribution in [0.25, 0.3) is 0 Å². The number of rotatable bonds is 5. The zero-order chi connectivity index (χ0) is 13.7. The molecule has 0 aliphatic heterocycles. The van der Waals surface area contributed by atoms with Crippen molar-refractivity contribution in [3.8, 4) is 5.75 Å². The van der Waals surface area contributed by atoms with Gasteiger partial charge in [0.25, 0.3) is 0 Å². The summed E-state index contributed by atoms with van der Waals surface area (Å²) in [4.78, 5) is 0. The van der Waals surface area contributed by atoms with Crippen molar-refractivity contribution in [3.63, 3.8) is 0 Å². The Kier molecular flexibility index (Phi) is 5.29. The number of hydrogen-bond acceptors (Lipinski definition) is 2. The Morgan fingerprint density at radius 1 is 1.47 bits per heavy atom. The molecule has 0 amide bonds. The minimum Gasteiger partial charge on any atom is -0.486 e. The van der Waals surface area contributed by atoms with Crippen molar-refractivity contribution >= 4 is 11.6 Å². The van der Waals surface area contributed by atoms with Crippen molar-refractivity contribution in [1.82, 2.24) is 0 Å². The van der Waals surface area contributed by atoms with Crippen LogP contribution in [0.3, 0.4) is 0 Å². The smallest absolute Gasteiger partial charge is 0.124 e. The summed E-state index contributed by atoms with van der Waals surface area (Å²) in [5, 5.41) is 0.751. The third kappa shape index (κ3) is 3.99. The Labute approximate surface area is 120 Å². The minimum atomic E-state index is 0.129. The largest absolute Gasteiger partial charge is 0.486 e. The molecular weight excluding hydrogens is 258 g/mol. The van der Waals surface area contributed by atoms with Crippen LogP contribution in [0.4, 0.5) is 0 Å². The molecule has 1 aliphatic rings. The lowest BCUT2D eigenvalue weighted by molar-refractivity contribution is 0.227. The predicted molar refractivity (Wildman–Crippen MR) is 80.8 cm³/mol. The van der Waals surface area contributed by atoms with Gasteiger partial charge in [-0.2, -0.15) is 0 Å². The van der Waals surface area contributed by atoms with Gasteiger partial charge in [-0.3, -0.25) is 0 Å². The Bertz CT molecular complexity index is 444. The molecule has 0 bridgehead atoms. The molecule has 1 aliphatic carbocycles. The SMILES string of the molecule is CCC(N)Cc1c(Cl)cccc1OC1C=CCCC1. The second-order valence-electron chi connectivity index (χ2n) is 5.10. The number of halogens is 1. The molecule has 2 atom stereocenters. The fourth-order valence-electron chi connectivity index (χ4n) is 2.30. The molecular formula is C16H22ClNO. The van der Waals surface area contributed by atoms with Gasteiger partial charge in [-0.15, -0.1) is 0 Å². The second kappa shape index (κ2) is 6.97. The zero-order valence-corrected chi connectivity index (χ0v) is 12.2. The van der Waals surface area contributed by atoms with Crippen LogP contribution in [0, 0.1) is 0 Å². The molecule has 19 heavy (non-hydrogen) atoms. The average Bonchev–Trinajstić information content (AvgIpc) is 2.43. The first-order valence-electron chi connectivity index (χ1n) is 7.07. The highest BCUT2D eigenvalue weighted by Crippen LogP contribution is 2.30. The van der Waals surface area contributed by atoms with E-state index in [0.29, 0.717) is 0 Å². The fraction of sp³-hybridized carbons (Fsp3) is 0.500. The van der Waals surface area contributed by atoms with Gasteiger partial charge in [-0.1, -0.05) is 30.7 Å². The van der Waals surface area contributed by atoms with Crippen molar-refractivity contribution in [3.05, 3.63) is 40.9 Å². The molecule has 2 nitrogen and oxygen atoms in total. The van der Waals surface area contributed by atoms with Crippen molar-refractivity contribution in [2.24, 2.45) is 5.73 Å². The summed E-state index contributed by atoms with van der Waals surface area (Å²) in [6.07, 6.45) is 9.63. The molecule has 2 unspecified atom stereocenters. The summed E-state index contributed by atoms with van der Waals surface area (Å²) in [5.74, 6) is 0.882. The van der Waals surface area contributed by atoms with Crippen LogP contribution in [-0.2, 0) is 6.42 Å². The van der Waals surface area contributed by atoms with Gasteiger partial charge in [-0.25, -0.2) is 0 Å². The highest BCUT2D eigenvalue weighted by molar-refractivity contribution is 6.31. The lowest BCUT2D eigenvalue weighted by atomic mass is 10.0. The zero-order valence-electron chi connectivity index (χ0n) is 11.4. The van der Waals surface area contributed by atoms with Crippen LogP contribution in [0.2, 0.25) is 5.02 Å². The quantitative estimate of drug-likeness (QED) is 0.824. The number of allylic oxidation sites excluding steroid dienone is 1. The number of hydrogen-bond donors (Lipinski definition) is 1. The second-order valence-corrected chi connectivity index (χ2v) is 5.51. The Hall–Kier alpha value is -0.990. The lowest BCUT2D eigenvalue weighted by Crippen LogP contribution is -2.23. The van der Waals surface area contributed by atoms with Gasteiger partial charge < -0.3 is 10.5 Å². The molecule has 0 spiro atoms. The van der Waals surface area contributed by atoms with Crippen LogP contribution in [0.5, 0.6) is 5.75 Å². The van der Waals surface area contributed by atoms with Crippen LogP contribution >= 0.6 is 11.6 Å². The molecule has 1 aromatic carbocycles. The number of nitrogens with two attached hydrogens (primary N) is 1. The van der Waals surface area contributed by atoms with E-state index in [1.807, 2.05) is 18.2 Å². The van der Waals surface area contributed by atoms with E-state index in [1.165, 1.54) is 6.42 Å². The first-order chi connectivity index (χ1) is 9.20. The summed E-state index contributed by atoms with van der Waals surface area (Å²) in [5.41, 5.74) is 7.09. The van der Waals surface area contributed by atoms with Crippen molar-refractivity contribution < 1.29 is 4.74 Å². The van der Waals surface area contributed by atoms with Crippen molar-refractivity contribution in [1.29, 1.82) is 0 Å². The van der Waals surface area contributed by atoms with Gasteiger partial charge in [0.2, 0.25) is 0 Å². The summed E-state index contributed by atoms with van der Waals surface area (Å²) in [6, 6.07) is 5.96. The maximum absolute atomic E-state index is 6.29. The minimum absolute atomic E-state index is 0.129. The first-order valence-corrected chi connectivity index (χ1v) is 7.44. The summed E-state index contributed by atoms with van der Waals surface area (Å²) >= 11 is 6.29. The fourth-order valence-corrected chi connectivity index (χ4v) is 2.54. The standard InChI is InChI=1S/C16H22ClNO/c1-2-12(18)11-14-15(17)9-6-10-16(14)19-13-7-4-3-5-8-13/h4,6-7,9-10,12-13H,2-3,5,8,11,18H2,1H3. The maximum Gasteiger partial charge on any atom is 0.124 e. The monoisotopic (exact) mass is 279 g/mol. The lowest BCUT2D eigenvalue weighted by Gasteiger charge is -2.22. The van der Waals surface area contributed by atoms with Gasteiger partial charge >= 0.3 is 0 Å². The van der Waals surface area contributed by atoms with E-state index in [2.05, 4.69) is 19.1 Å². The molecule has 104 valence electrons. The third-order valence-corrected chi connectivity index (χ3v) is 3.91. The summed E-state index contributed by atoms with van der Waals surface area (Å²) in [6.45, 7) is 2.09. The summed E-state index contributed by atoms with van der Waals surface area (Å²) in [7, 11) is 0. The normalized spacial score (nSPS) is 20.3. The van der Waals surface area contributed by atoms with Gasteiger partial charge in [-0.05, 0) is 50.3 Å². The Morgan fingerprint density at radius 3 is 3.00 bits per heavy atom. The molecule has 0 radical (unpaired) electrons. The molecule has 0 aromatic heterocycles. The van der Waals surface area contributed by atoms with Crippen LogP contribution < -0.4 is 10.5 Å². The molecule has 2 N–H and O–H groups in total.